The lowest BCUT2D eigenvalue weighted by molar-refractivity contribution is 0.0518. The average Bonchev–Trinajstić information content (AvgIpc) is 2.44. The van der Waals surface area contributed by atoms with Crippen LogP contribution in [0.4, 0.5) is 4.79 Å². The van der Waals surface area contributed by atoms with Crippen LogP contribution in [0.25, 0.3) is 0 Å². The first kappa shape index (κ1) is 17.1. The first-order valence-electron chi connectivity index (χ1n) is 7.28. The lowest BCUT2D eigenvalue weighted by Crippen LogP contribution is -2.51. The summed E-state index contributed by atoms with van der Waals surface area (Å²) in [5.74, 6) is -0.237. The van der Waals surface area contributed by atoms with Crippen LogP contribution in [0, 0.1) is 0 Å². The minimum atomic E-state index is -3.66. The van der Waals surface area contributed by atoms with E-state index in [1.165, 1.54) is 4.90 Å². The summed E-state index contributed by atoms with van der Waals surface area (Å²) in [5.41, 5.74) is 0.891. The van der Waals surface area contributed by atoms with Crippen LogP contribution in [0.15, 0.2) is 30.3 Å². The molecule has 1 amide bonds. The molecular formula is C15H20ClNO4S. The fourth-order valence-corrected chi connectivity index (χ4v) is 4.03. The highest BCUT2D eigenvalue weighted by molar-refractivity contribution is 8.13. The number of likely N-dealkylation sites (tertiary alicyclic amines) is 1. The highest BCUT2D eigenvalue weighted by Gasteiger charge is 2.35. The topological polar surface area (TPSA) is 63.7 Å². The highest BCUT2D eigenvalue weighted by atomic mass is 35.7. The molecule has 0 aliphatic carbocycles. The normalized spacial score (nSPS) is 22.4. The van der Waals surface area contributed by atoms with Crippen molar-refractivity contribution in [2.24, 2.45) is 0 Å². The third-order valence-electron chi connectivity index (χ3n) is 3.83. The second-order valence-electron chi connectivity index (χ2n) is 5.59. The summed E-state index contributed by atoms with van der Waals surface area (Å²) in [7, 11) is 1.69. The Balaban J connectivity index is 2.03. The first-order chi connectivity index (χ1) is 10.4. The van der Waals surface area contributed by atoms with E-state index in [0.717, 1.165) is 18.4 Å². The van der Waals surface area contributed by atoms with Gasteiger partial charge < -0.3 is 9.64 Å². The number of benzene rings is 1. The number of nitrogens with zero attached hydrogens (tertiary/aromatic N) is 1. The summed E-state index contributed by atoms with van der Waals surface area (Å²) in [6.07, 6.45) is 1.85. The molecule has 2 atom stereocenters. The quantitative estimate of drug-likeness (QED) is 0.786. The maximum absolute atomic E-state index is 12.3. The molecule has 0 radical (unpaired) electrons. The third-order valence-corrected chi connectivity index (χ3v) is 5.00. The van der Waals surface area contributed by atoms with Crippen molar-refractivity contribution in [3.05, 3.63) is 35.9 Å². The molecule has 2 unspecified atom stereocenters. The monoisotopic (exact) mass is 345 g/mol. The number of carbonyl (C=O) groups is 1. The van der Waals surface area contributed by atoms with Crippen LogP contribution in [-0.2, 0) is 20.4 Å². The van der Waals surface area contributed by atoms with Gasteiger partial charge in [-0.1, -0.05) is 30.3 Å². The maximum atomic E-state index is 12.3. The van der Waals surface area contributed by atoms with E-state index in [4.69, 9.17) is 15.4 Å². The Kier molecular flexibility index (Phi) is 5.69. The summed E-state index contributed by atoms with van der Waals surface area (Å²) in [4.78, 5) is 13.9. The van der Waals surface area contributed by atoms with Gasteiger partial charge in [0.2, 0.25) is 9.05 Å². The summed E-state index contributed by atoms with van der Waals surface area (Å²) in [6, 6.07) is 8.89. The number of hydrogen-bond donors (Lipinski definition) is 0. The molecule has 1 aliphatic rings. The molecule has 1 aromatic rings. The fraction of sp³-hybridized carbons (Fsp3) is 0.533. The van der Waals surface area contributed by atoms with E-state index in [9.17, 15) is 13.2 Å². The number of hydrogen-bond acceptors (Lipinski definition) is 4. The molecule has 5 nitrogen and oxygen atoms in total. The lowest BCUT2D eigenvalue weighted by atomic mass is 9.98. The summed E-state index contributed by atoms with van der Waals surface area (Å²) in [6.45, 7) is 2.07. The second kappa shape index (κ2) is 7.33. The van der Waals surface area contributed by atoms with Gasteiger partial charge >= 0.3 is 6.09 Å². The predicted molar refractivity (Wildman–Crippen MR) is 85.2 cm³/mol. The van der Waals surface area contributed by atoms with Crippen LogP contribution >= 0.6 is 10.7 Å². The van der Waals surface area contributed by atoms with E-state index in [1.54, 1.807) is 0 Å². The van der Waals surface area contributed by atoms with Crippen molar-refractivity contribution in [1.82, 2.24) is 4.90 Å². The molecule has 7 heteroatoms. The van der Waals surface area contributed by atoms with Gasteiger partial charge in [0, 0.05) is 16.7 Å². The van der Waals surface area contributed by atoms with Gasteiger partial charge in [-0.3, -0.25) is 0 Å². The van der Waals surface area contributed by atoms with Crippen LogP contribution in [0.2, 0.25) is 0 Å². The minimum Gasteiger partial charge on any atom is -0.445 e. The fourth-order valence-electron chi connectivity index (χ4n) is 2.80. The molecule has 0 saturated carbocycles. The third kappa shape index (κ3) is 4.88. The van der Waals surface area contributed by atoms with Crippen molar-refractivity contribution in [3.8, 4) is 0 Å². The van der Waals surface area contributed by atoms with Crippen molar-refractivity contribution >= 4 is 25.8 Å². The van der Waals surface area contributed by atoms with Crippen LogP contribution in [0.3, 0.4) is 0 Å². The van der Waals surface area contributed by atoms with Crippen LogP contribution in [0.5, 0.6) is 0 Å². The predicted octanol–water partition coefficient (Wildman–Crippen LogP) is 3.13. The molecular weight excluding hydrogens is 326 g/mol. The van der Waals surface area contributed by atoms with E-state index in [-0.39, 0.29) is 18.4 Å². The molecule has 1 aromatic carbocycles. The zero-order valence-corrected chi connectivity index (χ0v) is 14.0. The Bertz CT molecular complexity index is 605. The lowest BCUT2D eigenvalue weighted by Gasteiger charge is -2.39. The van der Waals surface area contributed by atoms with Crippen LogP contribution < -0.4 is 0 Å². The van der Waals surface area contributed by atoms with Crippen molar-refractivity contribution in [2.75, 3.05) is 5.75 Å². The van der Waals surface area contributed by atoms with Gasteiger partial charge in [0.25, 0.3) is 0 Å². The summed E-state index contributed by atoms with van der Waals surface area (Å²) in [5, 5.41) is 0. The van der Waals surface area contributed by atoms with Gasteiger partial charge in [-0.25, -0.2) is 13.2 Å². The van der Waals surface area contributed by atoms with Crippen LogP contribution in [0.1, 0.15) is 31.7 Å². The molecule has 1 fully saturated rings. The van der Waals surface area contributed by atoms with Gasteiger partial charge in [0.05, 0.1) is 11.8 Å². The standard InChI is InChI=1S/C15H20ClNO4S/c1-12-6-5-9-14(11-22(16,19)20)17(12)15(18)21-10-13-7-3-2-4-8-13/h2-4,7-8,12,14H,5-6,9-11H2,1H3. The number of carbonyl (C=O) groups excluding carboxylic acids is 1. The Morgan fingerprint density at radius 2 is 2.00 bits per heavy atom. The van der Waals surface area contributed by atoms with Gasteiger partial charge in [-0.15, -0.1) is 0 Å². The minimum absolute atomic E-state index is 0.0551. The summed E-state index contributed by atoms with van der Waals surface area (Å²) >= 11 is 0. The van der Waals surface area contributed by atoms with Gasteiger partial charge in [-0.2, -0.15) is 0 Å². The van der Waals surface area contributed by atoms with E-state index < -0.39 is 21.2 Å². The molecule has 0 spiro atoms. The molecule has 1 aliphatic heterocycles. The van der Waals surface area contributed by atoms with E-state index >= 15 is 0 Å². The molecule has 1 saturated heterocycles. The van der Waals surface area contributed by atoms with Crippen LogP contribution in [-0.4, -0.2) is 37.2 Å². The van der Waals surface area contributed by atoms with Gasteiger partial charge in [-0.05, 0) is 31.7 Å². The largest absolute Gasteiger partial charge is 0.445 e. The first-order valence-corrected chi connectivity index (χ1v) is 9.76. The SMILES string of the molecule is CC1CCCC(CS(=O)(=O)Cl)N1C(=O)OCc1ccccc1. The van der Waals surface area contributed by atoms with E-state index in [1.807, 2.05) is 37.3 Å². The van der Waals surface area contributed by atoms with Gasteiger partial charge in [0.1, 0.15) is 6.61 Å². The number of piperidine rings is 1. The number of amides is 1. The van der Waals surface area contributed by atoms with E-state index in [0.29, 0.717) is 6.42 Å². The van der Waals surface area contributed by atoms with Gasteiger partial charge in [0.15, 0.2) is 0 Å². The van der Waals surface area contributed by atoms with Crippen molar-refractivity contribution in [2.45, 2.75) is 44.9 Å². The molecule has 0 aromatic heterocycles. The Morgan fingerprint density at radius 3 is 2.64 bits per heavy atom. The number of ether oxygens (including phenoxy) is 1. The number of rotatable bonds is 4. The summed E-state index contributed by atoms with van der Waals surface area (Å²) < 4.78 is 28.0. The smallest absolute Gasteiger partial charge is 0.410 e. The van der Waals surface area contributed by atoms with Crippen molar-refractivity contribution < 1.29 is 17.9 Å². The maximum Gasteiger partial charge on any atom is 0.410 e. The molecule has 1 heterocycles. The molecule has 0 N–H and O–H groups in total. The Labute approximate surface area is 135 Å². The van der Waals surface area contributed by atoms with E-state index in [2.05, 4.69) is 0 Å². The second-order valence-corrected chi connectivity index (χ2v) is 8.41. The zero-order chi connectivity index (χ0) is 16.2. The molecule has 122 valence electrons. The Morgan fingerprint density at radius 1 is 1.32 bits per heavy atom. The molecule has 2 rings (SSSR count). The molecule has 22 heavy (non-hydrogen) atoms. The van der Waals surface area contributed by atoms with Crippen molar-refractivity contribution in [1.29, 1.82) is 0 Å². The zero-order valence-electron chi connectivity index (χ0n) is 12.4. The number of halogens is 1. The highest BCUT2D eigenvalue weighted by Crippen LogP contribution is 2.25. The average molecular weight is 346 g/mol. The van der Waals surface area contributed by atoms with Crippen molar-refractivity contribution in [3.63, 3.8) is 0 Å². The Hall–Kier alpha value is -1.27. The molecule has 0 bridgehead atoms.